The molecule has 0 aliphatic carbocycles. The lowest BCUT2D eigenvalue weighted by Gasteiger charge is -2.24. The van der Waals surface area contributed by atoms with Crippen molar-refractivity contribution in [3.8, 4) is 0 Å². The van der Waals surface area contributed by atoms with E-state index in [0.29, 0.717) is 0 Å². The minimum absolute atomic E-state index is 0.164. The average molecular weight is 285 g/mol. The SMILES string of the molecule is CNC(C)(C)CNCCc1cccc(Br)c1. The Morgan fingerprint density at radius 3 is 2.69 bits per heavy atom. The fourth-order valence-corrected chi connectivity index (χ4v) is 1.86. The maximum absolute atomic E-state index is 3.48. The molecule has 16 heavy (non-hydrogen) atoms. The molecule has 3 heteroatoms. The highest BCUT2D eigenvalue weighted by Crippen LogP contribution is 2.11. The molecule has 1 aromatic carbocycles. The molecule has 0 spiro atoms. The van der Waals surface area contributed by atoms with E-state index in [2.05, 4.69) is 64.7 Å². The first kappa shape index (κ1) is 13.7. The Hall–Kier alpha value is -0.380. The molecule has 0 aromatic heterocycles. The number of halogens is 1. The minimum atomic E-state index is 0.164. The normalized spacial score (nSPS) is 11.8. The van der Waals surface area contributed by atoms with E-state index in [0.717, 1.165) is 24.0 Å². The molecule has 0 radical (unpaired) electrons. The van der Waals surface area contributed by atoms with Crippen LogP contribution in [-0.4, -0.2) is 25.7 Å². The maximum Gasteiger partial charge on any atom is 0.0246 e. The number of hydrogen-bond acceptors (Lipinski definition) is 2. The van der Waals surface area contributed by atoms with E-state index in [1.165, 1.54) is 5.56 Å². The first-order valence-corrected chi connectivity index (χ1v) is 6.47. The summed E-state index contributed by atoms with van der Waals surface area (Å²) in [4.78, 5) is 0. The number of benzene rings is 1. The van der Waals surface area contributed by atoms with Gasteiger partial charge in [0.25, 0.3) is 0 Å². The molecule has 0 fully saturated rings. The van der Waals surface area contributed by atoms with Gasteiger partial charge in [0.05, 0.1) is 0 Å². The van der Waals surface area contributed by atoms with Crippen molar-refractivity contribution in [1.29, 1.82) is 0 Å². The Kier molecular flexibility index (Phi) is 5.46. The van der Waals surface area contributed by atoms with E-state index in [-0.39, 0.29) is 5.54 Å². The summed E-state index contributed by atoms with van der Waals surface area (Å²) in [7, 11) is 2.00. The fraction of sp³-hybridized carbons (Fsp3) is 0.538. The molecule has 0 atom stereocenters. The highest BCUT2D eigenvalue weighted by molar-refractivity contribution is 9.10. The summed E-state index contributed by atoms with van der Waals surface area (Å²) in [5.41, 5.74) is 1.53. The first-order valence-electron chi connectivity index (χ1n) is 5.67. The van der Waals surface area contributed by atoms with Gasteiger partial charge in [-0.2, -0.15) is 0 Å². The first-order chi connectivity index (χ1) is 7.53. The third-order valence-corrected chi connectivity index (χ3v) is 3.22. The van der Waals surface area contributed by atoms with Gasteiger partial charge in [0.15, 0.2) is 0 Å². The topological polar surface area (TPSA) is 24.1 Å². The fourth-order valence-electron chi connectivity index (χ4n) is 1.41. The Morgan fingerprint density at radius 2 is 2.06 bits per heavy atom. The van der Waals surface area contributed by atoms with E-state index >= 15 is 0 Å². The monoisotopic (exact) mass is 284 g/mol. The van der Waals surface area contributed by atoms with Gasteiger partial charge in [-0.3, -0.25) is 0 Å². The highest BCUT2D eigenvalue weighted by Gasteiger charge is 2.12. The predicted octanol–water partition coefficient (Wildman–Crippen LogP) is 2.58. The van der Waals surface area contributed by atoms with E-state index < -0.39 is 0 Å². The van der Waals surface area contributed by atoms with Gasteiger partial charge in [-0.25, -0.2) is 0 Å². The van der Waals surface area contributed by atoms with Gasteiger partial charge in [0, 0.05) is 16.6 Å². The van der Waals surface area contributed by atoms with Crippen LogP contribution in [0.3, 0.4) is 0 Å². The molecule has 0 saturated carbocycles. The molecule has 0 unspecified atom stereocenters. The van der Waals surface area contributed by atoms with Crippen LogP contribution in [0, 0.1) is 0 Å². The minimum Gasteiger partial charge on any atom is -0.315 e. The lowest BCUT2D eigenvalue weighted by atomic mass is 10.1. The molecule has 0 bridgehead atoms. The molecule has 2 nitrogen and oxygen atoms in total. The molecule has 0 amide bonds. The van der Waals surface area contributed by atoms with Crippen LogP contribution < -0.4 is 10.6 Å². The number of rotatable bonds is 6. The molecule has 1 rings (SSSR count). The van der Waals surface area contributed by atoms with E-state index in [4.69, 9.17) is 0 Å². The summed E-state index contributed by atoms with van der Waals surface area (Å²) >= 11 is 3.48. The van der Waals surface area contributed by atoms with Crippen molar-refractivity contribution in [2.24, 2.45) is 0 Å². The number of nitrogens with one attached hydrogen (secondary N) is 2. The van der Waals surface area contributed by atoms with Crippen LogP contribution in [-0.2, 0) is 6.42 Å². The van der Waals surface area contributed by atoms with Crippen molar-refractivity contribution in [3.05, 3.63) is 34.3 Å². The summed E-state index contributed by atoms with van der Waals surface area (Å²) in [6.45, 7) is 6.39. The van der Waals surface area contributed by atoms with Crippen LogP contribution in [0.5, 0.6) is 0 Å². The van der Waals surface area contributed by atoms with Crippen molar-refractivity contribution in [1.82, 2.24) is 10.6 Å². The second-order valence-electron chi connectivity index (χ2n) is 4.69. The standard InChI is InChI=1S/C13H21BrN2/c1-13(2,15-3)10-16-8-7-11-5-4-6-12(14)9-11/h4-6,9,15-16H,7-8,10H2,1-3H3. The highest BCUT2D eigenvalue weighted by atomic mass is 79.9. The maximum atomic E-state index is 3.48. The van der Waals surface area contributed by atoms with Gasteiger partial charge in [-0.1, -0.05) is 28.1 Å². The van der Waals surface area contributed by atoms with Crippen molar-refractivity contribution in [3.63, 3.8) is 0 Å². The summed E-state index contributed by atoms with van der Waals surface area (Å²) in [5.74, 6) is 0. The Morgan fingerprint density at radius 1 is 1.31 bits per heavy atom. The molecule has 2 N–H and O–H groups in total. The molecule has 0 aliphatic rings. The van der Waals surface area contributed by atoms with Gasteiger partial charge < -0.3 is 10.6 Å². The molecule has 90 valence electrons. The Balaban J connectivity index is 2.26. The third kappa shape index (κ3) is 5.10. The molecule has 0 aliphatic heterocycles. The lowest BCUT2D eigenvalue weighted by molar-refractivity contribution is 0.395. The van der Waals surface area contributed by atoms with Crippen molar-refractivity contribution < 1.29 is 0 Å². The van der Waals surface area contributed by atoms with Gasteiger partial charge in [-0.05, 0) is 51.6 Å². The van der Waals surface area contributed by atoms with Crippen LogP contribution in [0.15, 0.2) is 28.7 Å². The predicted molar refractivity (Wildman–Crippen MR) is 73.9 cm³/mol. The van der Waals surface area contributed by atoms with Crippen LogP contribution in [0.1, 0.15) is 19.4 Å². The number of likely N-dealkylation sites (N-methyl/N-ethyl adjacent to an activating group) is 1. The van der Waals surface area contributed by atoms with Crippen LogP contribution in [0.2, 0.25) is 0 Å². The van der Waals surface area contributed by atoms with E-state index in [1.54, 1.807) is 0 Å². The van der Waals surface area contributed by atoms with Crippen LogP contribution in [0.4, 0.5) is 0 Å². The van der Waals surface area contributed by atoms with Gasteiger partial charge in [0.2, 0.25) is 0 Å². The zero-order valence-corrected chi connectivity index (χ0v) is 11.9. The zero-order chi connectivity index (χ0) is 12.0. The second-order valence-corrected chi connectivity index (χ2v) is 5.61. The van der Waals surface area contributed by atoms with Crippen molar-refractivity contribution in [2.75, 3.05) is 20.1 Å². The smallest absolute Gasteiger partial charge is 0.0246 e. The van der Waals surface area contributed by atoms with Crippen LogP contribution >= 0.6 is 15.9 Å². The lowest BCUT2D eigenvalue weighted by Crippen LogP contribution is -2.46. The quantitative estimate of drug-likeness (QED) is 0.785. The summed E-state index contributed by atoms with van der Waals surface area (Å²) in [6, 6.07) is 8.47. The molecule has 0 saturated heterocycles. The van der Waals surface area contributed by atoms with Gasteiger partial charge in [0.1, 0.15) is 0 Å². The van der Waals surface area contributed by atoms with Crippen LogP contribution in [0.25, 0.3) is 0 Å². The van der Waals surface area contributed by atoms with E-state index in [9.17, 15) is 0 Å². The van der Waals surface area contributed by atoms with E-state index in [1.807, 2.05) is 7.05 Å². The van der Waals surface area contributed by atoms with Crippen molar-refractivity contribution in [2.45, 2.75) is 25.8 Å². The molecule has 1 aromatic rings. The molecular weight excluding hydrogens is 264 g/mol. The second kappa shape index (κ2) is 6.38. The largest absolute Gasteiger partial charge is 0.315 e. The zero-order valence-electron chi connectivity index (χ0n) is 10.3. The molecule has 0 heterocycles. The Labute approximate surface area is 107 Å². The number of hydrogen-bond donors (Lipinski definition) is 2. The van der Waals surface area contributed by atoms with Gasteiger partial charge >= 0.3 is 0 Å². The van der Waals surface area contributed by atoms with Crippen molar-refractivity contribution >= 4 is 15.9 Å². The summed E-state index contributed by atoms with van der Waals surface area (Å²) in [5, 5.41) is 6.75. The summed E-state index contributed by atoms with van der Waals surface area (Å²) in [6.07, 6.45) is 1.07. The Bertz CT molecular complexity index is 323. The summed E-state index contributed by atoms with van der Waals surface area (Å²) < 4.78 is 1.15. The van der Waals surface area contributed by atoms with Gasteiger partial charge in [-0.15, -0.1) is 0 Å². The molecular formula is C13H21BrN2. The third-order valence-electron chi connectivity index (χ3n) is 2.72. The average Bonchev–Trinajstić information content (AvgIpc) is 2.25.